The number of nitrogens with zero attached hydrogens (tertiary/aromatic N) is 3. The van der Waals surface area contributed by atoms with Gasteiger partial charge in [0.1, 0.15) is 11.9 Å². The summed E-state index contributed by atoms with van der Waals surface area (Å²) in [6.45, 7) is 7.78. The molecule has 3 fully saturated rings. The molecule has 5 atom stereocenters. The monoisotopic (exact) mass is 739 g/mol. The first-order valence-electron chi connectivity index (χ1n) is 20.1. The van der Waals surface area contributed by atoms with Crippen molar-refractivity contribution < 1.29 is 23.5 Å². The molecule has 1 aromatic heterocycles. The lowest BCUT2D eigenvalue weighted by atomic mass is 9.59. The number of H-pyrrole nitrogens is 1. The van der Waals surface area contributed by atoms with Crippen molar-refractivity contribution in [2.75, 3.05) is 39.3 Å². The van der Waals surface area contributed by atoms with E-state index in [9.17, 15) is 23.6 Å². The molecule has 2 N–H and O–H groups in total. The zero-order chi connectivity index (χ0) is 37.8. The van der Waals surface area contributed by atoms with Crippen molar-refractivity contribution >= 4 is 28.6 Å². The van der Waals surface area contributed by atoms with Crippen molar-refractivity contribution in [2.24, 2.45) is 23.2 Å². The Morgan fingerprint density at radius 1 is 1.00 bits per heavy atom. The molecule has 1 saturated carbocycles. The number of nitrogens with one attached hydrogen (secondary N) is 2. The first-order chi connectivity index (χ1) is 26.1. The van der Waals surface area contributed by atoms with Gasteiger partial charge < -0.3 is 19.9 Å². The number of hydrogen-bond acceptors (Lipinski definition) is 7. The third-order valence-corrected chi connectivity index (χ3v) is 12.5. The first-order valence-corrected chi connectivity index (χ1v) is 20.1. The molecular formula is C43H54FN5O5. The summed E-state index contributed by atoms with van der Waals surface area (Å²) in [5, 5.41) is 11.5. The van der Waals surface area contributed by atoms with Gasteiger partial charge in [-0.3, -0.25) is 19.2 Å². The highest BCUT2D eigenvalue weighted by Crippen LogP contribution is 2.53. The van der Waals surface area contributed by atoms with Gasteiger partial charge in [-0.15, -0.1) is 0 Å². The SMILES string of the molecule is C[C@H]1CCC[C@]2(C)CC3OC(=O)C(CNCCCCCCCC(=O)N4CCN(C(=O)c5cc(Cc6n[nH]c(=O)c7ccccc67)ccc5F)CC4)C3C=C12. The van der Waals surface area contributed by atoms with Gasteiger partial charge in [-0.1, -0.05) is 75.4 Å². The van der Waals surface area contributed by atoms with Crippen LogP contribution in [-0.2, 0) is 20.7 Å². The molecule has 2 aliphatic heterocycles. The predicted molar refractivity (Wildman–Crippen MR) is 205 cm³/mol. The largest absolute Gasteiger partial charge is 0.461 e. The molecule has 0 spiro atoms. The van der Waals surface area contributed by atoms with E-state index in [1.165, 1.54) is 25.3 Å². The third-order valence-electron chi connectivity index (χ3n) is 12.5. The average Bonchev–Trinajstić information content (AvgIpc) is 3.47. The molecule has 7 rings (SSSR count). The van der Waals surface area contributed by atoms with E-state index in [2.05, 4.69) is 35.4 Å². The second-order valence-electron chi connectivity index (χ2n) is 16.3. The number of ether oxygens (including phenoxy) is 1. The van der Waals surface area contributed by atoms with E-state index in [4.69, 9.17) is 4.74 Å². The standard InChI is InChI=1S/C43H54FN5O5/c1-28-11-10-17-43(2)26-38-32(25-35(28)43)34(42(53)54-38)27-45-18-9-5-3-4-6-14-39(50)48-19-21-49(22-20-48)41(52)33-23-29(15-16-36(33)44)24-37-30-12-7-8-13-31(30)40(51)47-46-37/h7-8,12-13,15-16,23,25,28,32,34,38,45H,3-6,9-11,14,17-22,24,26-27H2,1-2H3,(H,47,51)/t28-,32?,34?,38?,43+/m0/s1. The quantitative estimate of drug-likeness (QED) is 0.122. The maximum Gasteiger partial charge on any atom is 0.311 e. The lowest BCUT2D eigenvalue weighted by Gasteiger charge is -2.46. The normalized spacial score (nSPS) is 25.2. The van der Waals surface area contributed by atoms with Gasteiger partial charge >= 0.3 is 5.97 Å². The average molecular weight is 740 g/mol. The van der Waals surface area contributed by atoms with Crippen LogP contribution in [0.4, 0.5) is 4.39 Å². The Kier molecular flexibility index (Phi) is 11.6. The van der Waals surface area contributed by atoms with E-state index in [-0.39, 0.29) is 46.4 Å². The van der Waals surface area contributed by atoms with Crippen LogP contribution in [0.15, 0.2) is 58.9 Å². The molecule has 3 aromatic rings. The Bertz CT molecular complexity index is 1950. The minimum absolute atomic E-state index is 0.00538. The Morgan fingerprint density at radius 3 is 2.56 bits per heavy atom. The van der Waals surface area contributed by atoms with E-state index < -0.39 is 11.7 Å². The Labute approximate surface area is 316 Å². The molecule has 54 heavy (non-hydrogen) atoms. The molecule has 2 saturated heterocycles. The minimum atomic E-state index is -0.590. The number of carbonyl (C=O) groups excluding carboxylic acids is 3. The highest BCUT2D eigenvalue weighted by Gasteiger charge is 2.51. The number of aromatic amines is 1. The second kappa shape index (κ2) is 16.6. The molecule has 0 bridgehead atoms. The van der Waals surface area contributed by atoms with Crippen LogP contribution in [0.1, 0.15) is 99.7 Å². The number of unbranched alkanes of at least 4 members (excludes halogenated alkanes) is 4. The van der Waals surface area contributed by atoms with Crippen LogP contribution in [0.2, 0.25) is 0 Å². The van der Waals surface area contributed by atoms with Gasteiger partial charge in [0, 0.05) is 56.9 Å². The van der Waals surface area contributed by atoms with Gasteiger partial charge in [-0.05, 0) is 73.7 Å². The number of halogens is 1. The highest BCUT2D eigenvalue weighted by atomic mass is 19.1. The van der Waals surface area contributed by atoms with Crippen LogP contribution >= 0.6 is 0 Å². The van der Waals surface area contributed by atoms with Crippen LogP contribution in [0.5, 0.6) is 0 Å². The smallest absolute Gasteiger partial charge is 0.311 e. The number of allylic oxidation sites excluding steroid dienone is 1. The Balaban J connectivity index is 0.788. The van der Waals surface area contributed by atoms with Crippen molar-refractivity contribution in [3.8, 4) is 0 Å². The highest BCUT2D eigenvalue weighted by molar-refractivity contribution is 5.95. The number of rotatable bonds is 13. The fourth-order valence-corrected chi connectivity index (χ4v) is 9.43. The van der Waals surface area contributed by atoms with E-state index in [0.717, 1.165) is 45.1 Å². The molecule has 2 aliphatic carbocycles. The summed E-state index contributed by atoms with van der Waals surface area (Å²) in [7, 11) is 0. The van der Waals surface area contributed by atoms with Crippen LogP contribution in [0.25, 0.3) is 10.8 Å². The van der Waals surface area contributed by atoms with Crippen molar-refractivity contribution in [3.63, 3.8) is 0 Å². The molecular weight excluding hydrogens is 686 g/mol. The van der Waals surface area contributed by atoms with Gasteiger partial charge in [0.05, 0.1) is 22.6 Å². The van der Waals surface area contributed by atoms with E-state index in [1.807, 2.05) is 17.0 Å². The second-order valence-corrected chi connectivity index (χ2v) is 16.3. The van der Waals surface area contributed by atoms with E-state index in [1.54, 1.807) is 34.7 Å². The van der Waals surface area contributed by atoms with Gasteiger partial charge in [0.25, 0.3) is 11.5 Å². The third kappa shape index (κ3) is 8.16. The van der Waals surface area contributed by atoms with Gasteiger partial charge in [0.2, 0.25) is 5.91 Å². The molecule has 11 heteroatoms. The number of hydrogen-bond donors (Lipinski definition) is 2. The number of carbonyl (C=O) groups is 3. The lowest BCUT2D eigenvalue weighted by Crippen LogP contribution is -2.50. The zero-order valence-corrected chi connectivity index (χ0v) is 31.7. The number of piperazine rings is 1. The molecule has 3 unspecified atom stereocenters. The van der Waals surface area contributed by atoms with Gasteiger partial charge in [-0.2, -0.15) is 5.10 Å². The molecule has 10 nitrogen and oxygen atoms in total. The molecule has 4 aliphatic rings. The van der Waals surface area contributed by atoms with Gasteiger partial charge in [-0.25, -0.2) is 9.49 Å². The summed E-state index contributed by atoms with van der Waals surface area (Å²) >= 11 is 0. The molecule has 2 aromatic carbocycles. The first kappa shape index (κ1) is 37.9. The topological polar surface area (TPSA) is 125 Å². The fraction of sp³-hybridized carbons (Fsp3) is 0.558. The molecule has 2 amide bonds. The summed E-state index contributed by atoms with van der Waals surface area (Å²) in [6.07, 6.45) is 12.8. The number of amides is 2. The van der Waals surface area contributed by atoms with Crippen LogP contribution in [0, 0.1) is 29.0 Å². The van der Waals surface area contributed by atoms with Crippen molar-refractivity contribution in [2.45, 2.75) is 90.6 Å². The lowest BCUT2D eigenvalue weighted by molar-refractivity contribution is -0.145. The number of fused-ring (bicyclic) bond motifs is 3. The van der Waals surface area contributed by atoms with Gasteiger partial charge in [0.15, 0.2) is 0 Å². The summed E-state index contributed by atoms with van der Waals surface area (Å²) < 4.78 is 20.8. The zero-order valence-electron chi connectivity index (χ0n) is 31.7. The molecule has 0 radical (unpaired) electrons. The van der Waals surface area contributed by atoms with E-state index in [0.29, 0.717) is 73.5 Å². The van der Waals surface area contributed by atoms with Crippen molar-refractivity contribution in [3.05, 3.63) is 87.1 Å². The molecule has 288 valence electrons. The Hall–Kier alpha value is -4.38. The summed E-state index contributed by atoms with van der Waals surface area (Å²) in [5.41, 5.74) is 2.81. The van der Waals surface area contributed by atoms with Crippen molar-refractivity contribution in [1.29, 1.82) is 0 Å². The fourth-order valence-electron chi connectivity index (χ4n) is 9.43. The van der Waals surface area contributed by atoms with Crippen LogP contribution in [0.3, 0.4) is 0 Å². The number of esters is 1. The maximum atomic E-state index is 14.9. The number of aromatic nitrogens is 2. The van der Waals surface area contributed by atoms with Crippen molar-refractivity contribution in [1.82, 2.24) is 25.3 Å². The molecule has 3 heterocycles. The maximum absolute atomic E-state index is 14.9. The van der Waals surface area contributed by atoms with Crippen LogP contribution < -0.4 is 10.9 Å². The van der Waals surface area contributed by atoms with E-state index >= 15 is 0 Å². The summed E-state index contributed by atoms with van der Waals surface area (Å²) in [4.78, 5) is 54.7. The number of benzene rings is 2. The summed E-state index contributed by atoms with van der Waals surface area (Å²) in [5.74, 6) is -0.250. The summed E-state index contributed by atoms with van der Waals surface area (Å²) in [6, 6.07) is 11.7. The predicted octanol–water partition coefficient (Wildman–Crippen LogP) is 6.18. The Morgan fingerprint density at radius 2 is 1.74 bits per heavy atom. The van der Waals surface area contributed by atoms with Crippen LogP contribution in [-0.4, -0.2) is 83.2 Å². The minimum Gasteiger partial charge on any atom is -0.461 e.